The van der Waals surface area contributed by atoms with Crippen molar-refractivity contribution in [3.8, 4) is 5.75 Å². The zero-order chi connectivity index (χ0) is 21.1. The van der Waals surface area contributed by atoms with Crippen LogP contribution in [-0.4, -0.2) is 95.4 Å². The highest BCUT2D eigenvalue weighted by Crippen LogP contribution is 2.19. The molecule has 0 aromatic heterocycles. The van der Waals surface area contributed by atoms with E-state index in [9.17, 15) is 4.79 Å². The SMILES string of the molecule is COc1ccc(C)cc1CCNC(=NCC(=O)N(C)C)NCCN1CCOCC1. The average Bonchev–Trinajstić information content (AvgIpc) is 2.72. The van der Waals surface area contributed by atoms with E-state index in [4.69, 9.17) is 9.47 Å². The molecule has 1 amide bonds. The van der Waals surface area contributed by atoms with Gasteiger partial charge >= 0.3 is 0 Å². The van der Waals surface area contributed by atoms with Crippen LogP contribution in [0.4, 0.5) is 0 Å². The number of guanidine groups is 1. The standard InChI is InChI=1S/C21H35N5O3/c1-17-5-6-19(28-4)18(15-17)7-8-22-21(24-16-20(27)25(2)3)23-9-10-26-11-13-29-14-12-26/h5-6,15H,7-14,16H2,1-4H3,(H2,22,23,24). The van der Waals surface area contributed by atoms with Crippen LogP contribution in [0.1, 0.15) is 11.1 Å². The predicted octanol–water partition coefficient (Wildman–Crippen LogP) is 0.502. The zero-order valence-corrected chi connectivity index (χ0v) is 18.2. The topological polar surface area (TPSA) is 78.4 Å². The highest BCUT2D eigenvalue weighted by molar-refractivity contribution is 5.84. The summed E-state index contributed by atoms with van der Waals surface area (Å²) in [6, 6.07) is 6.18. The molecule has 1 heterocycles. The maximum atomic E-state index is 11.9. The lowest BCUT2D eigenvalue weighted by molar-refractivity contribution is -0.127. The van der Waals surface area contributed by atoms with Gasteiger partial charge in [-0.25, -0.2) is 4.99 Å². The lowest BCUT2D eigenvalue weighted by Gasteiger charge is -2.26. The van der Waals surface area contributed by atoms with Crippen LogP contribution < -0.4 is 15.4 Å². The van der Waals surface area contributed by atoms with E-state index in [-0.39, 0.29) is 12.5 Å². The highest BCUT2D eigenvalue weighted by atomic mass is 16.5. The smallest absolute Gasteiger partial charge is 0.243 e. The van der Waals surface area contributed by atoms with Crippen LogP contribution >= 0.6 is 0 Å². The van der Waals surface area contributed by atoms with E-state index < -0.39 is 0 Å². The molecule has 29 heavy (non-hydrogen) atoms. The number of aryl methyl sites for hydroxylation is 1. The molecule has 2 rings (SSSR count). The second-order valence-electron chi connectivity index (χ2n) is 7.33. The van der Waals surface area contributed by atoms with Gasteiger partial charge in [-0.15, -0.1) is 0 Å². The molecule has 0 bridgehead atoms. The summed E-state index contributed by atoms with van der Waals surface area (Å²) in [6.07, 6.45) is 0.802. The molecule has 1 aliphatic heterocycles. The summed E-state index contributed by atoms with van der Waals surface area (Å²) < 4.78 is 10.8. The van der Waals surface area contributed by atoms with Gasteiger partial charge in [0.2, 0.25) is 5.91 Å². The largest absolute Gasteiger partial charge is 0.496 e. The van der Waals surface area contributed by atoms with Crippen molar-refractivity contribution in [2.24, 2.45) is 4.99 Å². The van der Waals surface area contributed by atoms with Gasteiger partial charge < -0.3 is 25.0 Å². The Hall–Kier alpha value is -2.32. The third kappa shape index (κ3) is 8.29. The fourth-order valence-corrected chi connectivity index (χ4v) is 3.04. The number of rotatable bonds is 9. The number of nitrogens with one attached hydrogen (secondary N) is 2. The minimum absolute atomic E-state index is 0.0281. The second kappa shape index (κ2) is 12.3. The molecule has 0 saturated carbocycles. The van der Waals surface area contributed by atoms with Crippen LogP contribution in [0.5, 0.6) is 5.75 Å². The number of amides is 1. The first-order valence-corrected chi connectivity index (χ1v) is 10.2. The molecule has 1 aromatic carbocycles. The van der Waals surface area contributed by atoms with E-state index in [1.807, 2.05) is 12.1 Å². The normalized spacial score (nSPS) is 15.1. The van der Waals surface area contributed by atoms with Crippen molar-refractivity contribution in [1.82, 2.24) is 20.4 Å². The van der Waals surface area contributed by atoms with Gasteiger partial charge in [-0.05, 0) is 25.0 Å². The molecule has 0 unspecified atom stereocenters. The van der Waals surface area contributed by atoms with Crippen molar-refractivity contribution < 1.29 is 14.3 Å². The first kappa shape index (κ1) is 23.0. The molecule has 1 aromatic rings. The maximum absolute atomic E-state index is 11.9. The Morgan fingerprint density at radius 3 is 2.66 bits per heavy atom. The number of methoxy groups -OCH3 is 1. The summed E-state index contributed by atoms with van der Waals surface area (Å²) >= 11 is 0. The average molecular weight is 406 g/mol. The van der Waals surface area contributed by atoms with Crippen LogP contribution in [0.25, 0.3) is 0 Å². The van der Waals surface area contributed by atoms with Crippen molar-refractivity contribution in [2.75, 3.05) is 73.7 Å². The van der Waals surface area contributed by atoms with Crippen molar-refractivity contribution in [3.05, 3.63) is 29.3 Å². The minimum atomic E-state index is -0.0281. The Morgan fingerprint density at radius 2 is 1.97 bits per heavy atom. The van der Waals surface area contributed by atoms with Crippen molar-refractivity contribution in [3.63, 3.8) is 0 Å². The Kier molecular flexibility index (Phi) is 9.73. The number of carbonyl (C=O) groups excluding carboxylic acids is 1. The van der Waals surface area contributed by atoms with Gasteiger partial charge in [0.05, 0.1) is 20.3 Å². The van der Waals surface area contributed by atoms with Crippen molar-refractivity contribution in [1.29, 1.82) is 0 Å². The molecule has 0 radical (unpaired) electrons. The van der Waals surface area contributed by atoms with Crippen LogP contribution in [0.2, 0.25) is 0 Å². The Bertz CT molecular complexity index is 672. The highest BCUT2D eigenvalue weighted by Gasteiger charge is 2.11. The Balaban J connectivity index is 1.89. The fourth-order valence-electron chi connectivity index (χ4n) is 3.04. The van der Waals surface area contributed by atoms with Crippen LogP contribution in [0, 0.1) is 6.92 Å². The lowest BCUT2D eigenvalue weighted by atomic mass is 10.1. The number of nitrogens with zero attached hydrogens (tertiary/aromatic N) is 3. The minimum Gasteiger partial charge on any atom is -0.496 e. The van der Waals surface area contributed by atoms with Crippen molar-refractivity contribution >= 4 is 11.9 Å². The van der Waals surface area contributed by atoms with E-state index in [1.165, 1.54) is 5.56 Å². The number of benzene rings is 1. The van der Waals surface area contributed by atoms with Gasteiger partial charge in [0.1, 0.15) is 12.3 Å². The van der Waals surface area contributed by atoms with Gasteiger partial charge in [-0.1, -0.05) is 17.7 Å². The molecule has 1 fully saturated rings. The fraction of sp³-hybridized carbons (Fsp3) is 0.619. The summed E-state index contributed by atoms with van der Waals surface area (Å²) in [6.45, 7) is 8.04. The Morgan fingerprint density at radius 1 is 1.24 bits per heavy atom. The van der Waals surface area contributed by atoms with E-state index >= 15 is 0 Å². The number of likely N-dealkylation sites (N-methyl/N-ethyl adjacent to an activating group) is 1. The van der Waals surface area contributed by atoms with Crippen LogP contribution in [0.3, 0.4) is 0 Å². The number of aliphatic imine (C=N–C) groups is 1. The molecule has 162 valence electrons. The first-order valence-electron chi connectivity index (χ1n) is 10.2. The lowest BCUT2D eigenvalue weighted by Crippen LogP contribution is -2.45. The third-order valence-corrected chi connectivity index (χ3v) is 4.82. The van der Waals surface area contributed by atoms with Gasteiger partial charge in [0.25, 0.3) is 0 Å². The molecule has 1 saturated heterocycles. The number of hydrogen-bond acceptors (Lipinski definition) is 5. The summed E-state index contributed by atoms with van der Waals surface area (Å²) in [5.74, 6) is 1.51. The molecule has 1 aliphatic rings. The molecule has 0 aliphatic carbocycles. The predicted molar refractivity (Wildman–Crippen MR) is 116 cm³/mol. The van der Waals surface area contributed by atoms with E-state index in [1.54, 1.807) is 26.1 Å². The third-order valence-electron chi connectivity index (χ3n) is 4.82. The Labute approximate surface area is 174 Å². The molecular formula is C21H35N5O3. The van der Waals surface area contributed by atoms with E-state index in [2.05, 4.69) is 33.5 Å². The van der Waals surface area contributed by atoms with E-state index in [0.29, 0.717) is 12.5 Å². The summed E-state index contributed by atoms with van der Waals surface area (Å²) in [7, 11) is 5.16. The molecule has 8 heteroatoms. The summed E-state index contributed by atoms with van der Waals surface area (Å²) in [5.41, 5.74) is 2.35. The molecule has 0 spiro atoms. The number of carbonyl (C=O) groups is 1. The monoisotopic (exact) mass is 405 g/mol. The van der Waals surface area contributed by atoms with Gasteiger partial charge in [0.15, 0.2) is 5.96 Å². The molecular weight excluding hydrogens is 370 g/mol. The maximum Gasteiger partial charge on any atom is 0.243 e. The zero-order valence-electron chi connectivity index (χ0n) is 18.2. The quantitative estimate of drug-likeness (QED) is 0.460. The van der Waals surface area contributed by atoms with Crippen LogP contribution in [-0.2, 0) is 16.0 Å². The van der Waals surface area contributed by atoms with Crippen LogP contribution in [0.15, 0.2) is 23.2 Å². The first-order chi connectivity index (χ1) is 14.0. The second-order valence-corrected chi connectivity index (χ2v) is 7.33. The van der Waals surface area contributed by atoms with Gasteiger partial charge in [0, 0.05) is 46.8 Å². The number of ether oxygens (including phenoxy) is 2. The summed E-state index contributed by atoms with van der Waals surface area (Å²) in [5, 5.41) is 6.68. The van der Waals surface area contributed by atoms with Gasteiger partial charge in [-0.3, -0.25) is 9.69 Å². The van der Waals surface area contributed by atoms with Gasteiger partial charge in [-0.2, -0.15) is 0 Å². The van der Waals surface area contributed by atoms with Crippen molar-refractivity contribution in [2.45, 2.75) is 13.3 Å². The number of hydrogen-bond donors (Lipinski definition) is 2. The molecule has 8 nitrogen and oxygen atoms in total. The number of morpholine rings is 1. The summed E-state index contributed by atoms with van der Waals surface area (Å²) in [4.78, 5) is 20.3. The van der Waals surface area contributed by atoms with E-state index in [0.717, 1.165) is 57.1 Å². The molecule has 0 atom stereocenters. The molecule has 2 N–H and O–H groups in total.